The smallest absolute Gasteiger partial charge is 0.243 e. The van der Waals surface area contributed by atoms with Crippen LogP contribution in [0, 0.1) is 25.6 Å². The average molecular weight is 419 g/mol. The standard InChI is InChI=1S/C22H27FN2O3S/c1-15-6-7-16(2)21(13-15)29(27,28)25-12-4-5-19(14-25)22(26)24-17(3)18-8-10-20(23)11-9-18/h6-11,13,17,19H,4-5,12,14H2,1-3H3,(H,24,26)/t17-,19+/m0/s1. The van der Waals surface area contributed by atoms with E-state index in [0.717, 1.165) is 11.1 Å². The van der Waals surface area contributed by atoms with Gasteiger partial charge in [0.1, 0.15) is 5.82 Å². The number of carbonyl (C=O) groups is 1. The van der Waals surface area contributed by atoms with Gasteiger partial charge in [-0.25, -0.2) is 12.8 Å². The Morgan fingerprint density at radius 3 is 2.55 bits per heavy atom. The predicted molar refractivity (Wildman–Crippen MR) is 110 cm³/mol. The Morgan fingerprint density at radius 2 is 1.86 bits per heavy atom. The van der Waals surface area contributed by atoms with Crippen molar-refractivity contribution in [3.63, 3.8) is 0 Å². The molecular formula is C22H27FN2O3S. The SMILES string of the molecule is Cc1ccc(C)c(S(=O)(=O)N2CCC[C@@H](C(=O)N[C@@H](C)c3ccc(F)cc3)C2)c1. The number of halogens is 1. The first-order valence-corrected chi connectivity index (χ1v) is 11.3. The highest BCUT2D eigenvalue weighted by atomic mass is 32.2. The van der Waals surface area contributed by atoms with Crippen LogP contribution in [0.15, 0.2) is 47.4 Å². The lowest BCUT2D eigenvalue weighted by Crippen LogP contribution is -2.45. The number of piperidine rings is 1. The second-order valence-electron chi connectivity index (χ2n) is 7.75. The minimum absolute atomic E-state index is 0.164. The number of rotatable bonds is 5. The van der Waals surface area contributed by atoms with E-state index in [1.54, 1.807) is 31.2 Å². The number of hydrogen-bond donors (Lipinski definition) is 1. The van der Waals surface area contributed by atoms with Crippen molar-refractivity contribution in [2.24, 2.45) is 5.92 Å². The molecule has 0 aliphatic carbocycles. The number of benzene rings is 2. The van der Waals surface area contributed by atoms with E-state index in [9.17, 15) is 17.6 Å². The van der Waals surface area contributed by atoms with Gasteiger partial charge in [0.25, 0.3) is 0 Å². The van der Waals surface area contributed by atoms with Crippen LogP contribution in [0.3, 0.4) is 0 Å². The molecule has 5 nitrogen and oxygen atoms in total. The van der Waals surface area contributed by atoms with Gasteiger partial charge in [-0.2, -0.15) is 4.31 Å². The van der Waals surface area contributed by atoms with E-state index in [1.807, 2.05) is 19.9 Å². The summed E-state index contributed by atoms with van der Waals surface area (Å²) in [4.78, 5) is 13.1. The predicted octanol–water partition coefficient (Wildman–Crippen LogP) is 3.72. The molecule has 29 heavy (non-hydrogen) atoms. The molecule has 1 saturated heterocycles. The van der Waals surface area contributed by atoms with Crippen LogP contribution < -0.4 is 5.32 Å². The Bertz CT molecular complexity index is 990. The first kappa shape index (κ1) is 21.5. The van der Waals surface area contributed by atoms with E-state index in [1.165, 1.54) is 16.4 Å². The molecule has 2 atom stereocenters. The highest BCUT2D eigenvalue weighted by Gasteiger charge is 2.34. The van der Waals surface area contributed by atoms with Crippen LogP contribution in [0.2, 0.25) is 0 Å². The summed E-state index contributed by atoms with van der Waals surface area (Å²) in [5.41, 5.74) is 2.39. The normalized spacial score (nSPS) is 19.0. The second-order valence-corrected chi connectivity index (χ2v) is 9.66. The van der Waals surface area contributed by atoms with Crippen LogP contribution >= 0.6 is 0 Å². The Morgan fingerprint density at radius 1 is 1.17 bits per heavy atom. The fourth-order valence-corrected chi connectivity index (χ4v) is 5.50. The molecular weight excluding hydrogens is 391 g/mol. The van der Waals surface area contributed by atoms with Crippen molar-refractivity contribution in [1.29, 1.82) is 0 Å². The highest BCUT2D eigenvalue weighted by Crippen LogP contribution is 2.27. The fraction of sp³-hybridized carbons (Fsp3) is 0.409. The van der Waals surface area contributed by atoms with Gasteiger partial charge in [0, 0.05) is 13.1 Å². The van der Waals surface area contributed by atoms with Gasteiger partial charge < -0.3 is 5.32 Å². The molecule has 156 valence electrons. The van der Waals surface area contributed by atoms with Crippen LogP contribution in [0.25, 0.3) is 0 Å². The summed E-state index contributed by atoms with van der Waals surface area (Å²) < 4.78 is 40.8. The number of nitrogens with zero attached hydrogens (tertiary/aromatic N) is 1. The fourth-order valence-electron chi connectivity index (χ4n) is 3.67. The molecule has 0 saturated carbocycles. The molecule has 0 bridgehead atoms. The van der Waals surface area contributed by atoms with E-state index in [-0.39, 0.29) is 24.3 Å². The van der Waals surface area contributed by atoms with Gasteiger partial charge in [0.15, 0.2) is 0 Å². The van der Waals surface area contributed by atoms with Crippen molar-refractivity contribution >= 4 is 15.9 Å². The first-order chi connectivity index (χ1) is 13.7. The maximum Gasteiger partial charge on any atom is 0.243 e. The molecule has 1 heterocycles. The van der Waals surface area contributed by atoms with Crippen LogP contribution in [0.4, 0.5) is 4.39 Å². The average Bonchev–Trinajstić information content (AvgIpc) is 2.70. The second kappa shape index (κ2) is 8.63. The van der Waals surface area contributed by atoms with E-state index in [0.29, 0.717) is 29.8 Å². The maximum atomic E-state index is 13.2. The number of sulfonamides is 1. The summed E-state index contributed by atoms with van der Waals surface area (Å²) >= 11 is 0. The molecule has 0 radical (unpaired) electrons. The first-order valence-electron chi connectivity index (χ1n) is 9.81. The quantitative estimate of drug-likeness (QED) is 0.805. The van der Waals surface area contributed by atoms with Gasteiger partial charge in [0.05, 0.1) is 16.9 Å². The van der Waals surface area contributed by atoms with Crippen molar-refractivity contribution in [3.8, 4) is 0 Å². The van der Waals surface area contributed by atoms with E-state index in [2.05, 4.69) is 5.32 Å². The molecule has 1 amide bonds. The summed E-state index contributed by atoms with van der Waals surface area (Å²) in [6.07, 6.45) is 1.27. The van der Waals surface area contributed by atoms with Crippen LogP contribution in [-0.2, 0) is 14.8 Å². The van der Waals surface area contributed by atoms with Gasteiger partial charge in [-0.1, -0.05) is 24.3 Å². The number of carbonyl (C=O) groups excluding carboxylic acids is 1. The van der Waals surface area contributed by atoms with Crippen molar-refractivity contribution in [2.45, 2.75) is 44.6 Å². The summed E-state index contributed by atoms with van der Waals surface area (Å²) in [6, 6.07) is 11.1. The minimum atomic E-state index is -3.66. The molecule has 0 unspecified atom stereocenters. The lowest BCUT2D eigenvalue weighted by Gasteiger charge is -2.32. The number of hydrogen-bond acceptors (Lipinski definition) is 3. The third-order valence-corrected chi connectivity index (χ3v) is 7.45. The zero-order valence-corrected chi connectivity index (χ0v) is 17.8. The molecule has 3 rings (SSSR count). The number of nitrogens with one attached hydrogen (secondary N) is 1. The number of amides is 1. The third kappa shape index (κ3) is 4.85. The highest BCUT2D eigenvalue weighted by molar-refractivity contribution is 7.89. The van der Waals surface area contributed by atoms with E-state index < -0.39 is 15.9 Å². The zero-order valence-electron chi connectivity index (χ0n) is 17.0. The van der Waals surface area contributed by atoms with Crippen molar-refractivity contribution in [1.82, 2.24) is 9.62 Å². The summed E-state index contributed by atoms with van der Waals surface area (Å²) in [7, 11) is -3.66. The van der Waals surface area contributed by atoms with Crippen LogP contribution in [0.1, 0.15) is 42.5 Å². The Hall–Kier alpha value is -2.25. The van der Waals surface area contributed by atoms with E-state index in [4.69, 9.17) is 0 Å². The van der Waals surface area contributed by atoms with Gasteiger partial charge in [-0.3, -0.25) is 4.79 Å². The Balaban J connectivity index is 1.72. The van der Waals surface area contributed by atoms with E-state index >= 15 is 0 Å². The maximum absolute atomic E-state index is 13.2. The van der Waals surface area contributed by atoms with Gasteiger partial charge in [0.2, 0.25) is 15.9 Å². The summed E-state index contributed by atoms with van der Waals surface area (Å²) in [5.74, 6) is -0.916. The molecule has 0 spiro atoms. The topological polar surface area (TPSA) is 66.5 Å². The molecule has 1 aliphatic rings. The monoisotopic (exact) mass is 418 g/mol. The van der Waals surface area contributed by atoms with Gasteiger partial charge in [-0.15, -0.1) is 0 Å². The Kier molecular flexibility index (Phi) is 6.39. The lowest BCUT2D eigenvalue weighted by atomic mass is 9.98. The molecule has 0 aromatic heterocycles. The number of aryl methyl sites for hydroxylation is 2. The van der Waals surface area contributed by atoms with Crippen LogP contribution in [0.5, 0.6) is 0 Å². The molecule has 1 N–H and O–H groups in total. The summed E-state index contributed by atoms with van der Waals surface area (Å²) in [6.45, 7) is 6.05. The molecule has 7 heteroatoms. The van der Waals surface area contributed by atoms with Crippen molar-refractivity contribution < 1.29 is 17.6 Å². The summed E-state index contributed by atoms with van der Waals surface area (Å²) in [5, 5.41) is 2.93. The van der Waals surface area contributed by atoms with Crippen molar-refractivity contribution in [2.75, 3.05) is 13.1 Å². The van der Waals surface area contributed by atoms with Crippen molar-refractivity contribution in [3.05, 3.63) is 65.0 Å². The molecule has 1 fully saturated rings. The zero-order chi connectivity index (χ0) is 21.2. The lowest BCUT2D eigenvalue weighted by molar-refractivity contribution is -0.126. The molecule has 1 aliphatic heterocycles. The Labute approximate surface area is 172 Å². The molecule has 2 aromatic carbocycles. The minimum Gasteiger partial charge on any atom is -0.349 e. The largest absolute Gasteiger partial charge is 0.349 e. The molecule has 2 aromatic rings. The van der Waals surface area contributed by atoms with Gasteiger partial charge >= 0.3 is 0 Å². The van der Waals surface area contributed by atoms with Gasteiger partial charge in [-0.05, 0) is 68.5 Å². The third-order valence-electron chi connectivity index (χ3n) is 5.45. The van der Waals surface area contributed by atoms with Crippen LogP contribution in [-0.4, -0.2) is 31.7 Å².